The standard InChI is InChI=1S/C22H21N3O4/c1-11-8-13(3)18-14(4)20(28-17(18)9-11)22(26)23-21-19(24-29-25-21)16-7-6-15(27-5)10-12(16)2/h6-10H,1-5H3,(H,23,25,26). The zero-order valence-electron chi connectivity index (χ0n) is 16.9. The van der Waals surface area contributed by atoms with Gasteiger partial charge in [0, 0.05) is 16.5 Å². The van der Waals surface area contributed by atoms with Crippen molar-refractivity contribution in [2.24, 2.45) is 0 Å². The van der Waals surface area contributed by atoms with Crippen LogP contribution in [0.2, 0.25) is 0 Å². The molecule has 1 amide bonds. The first-order valence-corrected chi connectivity index (χ1v) is 9.18. The number of carbonyl (C=O) groups is 1. The summed E-state index contributed by atoms with van der Waals surface area (Å²) in [6.45, 7) is 7.80. The third-order valence-electron chi connectivity index (χ3n) is 4.99. The van der Waals surface area contributed by atoms with Crippen LogP contribution in [0.4, 0.5) is 5.82 Å². The summed E-state index contributed by atoms with van der Waals surface area (Å²) in [7, 11) is 1.61. The minimum absolute atomic E-state index is 0.232. The van der Waals surface area contributed by atoms with E-state index in [0.717, 1.165) is 39.0 Å². The van der Waals surface area contributed by atoms with E-state index in [4.69, 9.17) is 13.8 Å². The average Bonchev–Trinajstić information content (AvgIpc) is 3.25. The largest absolute Gasteiger partial charge is 0.497 e. The molecule has 2 aromatic heterocycles. The van der Waals surface area contributed by atoms with E-state index in [1.165, 1.54) is 0 Å². The van der Waals surface area contributed by atoms with Crippen LogP contribution in [0, 0.1) is 27.7 Å². The third-order valence-corrected chi connectivity index (χ3v) is 4.99. The van der Waals surface area contributed by atoms with Gasteiger partial charge in [-0.3, -0.25) is 10.1 Å². The number of rotatable bonds is 4. The fraction of sp³-hybridized carbons (Fsp3) is 0.227. The number of nitrogens with one attached hydrogen (secondary N) is 1. The molecular weight excluding hydrogens is 370 g/mol. The highest BCUT2D eigenvalue weighted by Crippen LogP contribution is 2.32. The normalized spacial score (nSPS) is 11.1. The Morgan fingerprint density at radius 1 is 1.03 bits per heavy atom. The number of fused-ring (bicyclic) bond motifs is 1. The van der Waals surface area contributed by atoms with Gasteiger partial charge in [-0.05, 0) is 79.0 Å². The summed E-state index contributed by atoms with van der Waals surface area (Å²) in [6.07, 6.45) is 0. The van der Waals surface area contributed by atoms with Gasteiger partial charge in [-0.2, -0.15) is 0 Å². The zero-order chi connectivity index (χ0) is 20.7. The molecule has 7 nitrogen and oxygen atoms in total. The zero-order valence-corrected chi connectivity index (χ0v) is 16.9. The van der Waals surface area contributed by atoms with Crippen LogP contribution in [0.15, 0.2) is 39.4 Å². The van der Waals surface area contributed by atoms with Crippen LogP contribution >= 0.6 is 0 Å². The van der Waals surface area contributed by atoms with Crippen molar-refractivity contribution in [1.82, 2.24) is 10.3 Å². The molecule has 0 atom stereocenters. The van der Waals surface area contributed by atoms with E-state index in [1.54, 1.807) is 7.11 Å². The maximum atomic E-state index is 12.9. The first-order chi connectivity index (χ1) is 13.9. The molecule has 148 valence electrons. The number of furan rings is 1. The van der Waals surface area contributed by atoms with E-state index in [2.05, 4.69) is 21.7 Å². The molecule has 4 aromatic rings. The van der Waals surface area contributed by atoms with Gasteiger partial charge in [0.25, 0.3) is 5.91 Å². The van der Waals surface area contributed by atoms with Gasteiger partial charge in [0.05, 0.1) is 7.11 Å². The third kappa shape index (κ3) is 3.24. The van der Waals surface area contributed by atoms with Gasteiger partial charge >= 0.3 is 0 Å². The number of aromatic nitrogens is 2. The van der Waals surface area contributed by atoms with E-state index in [0.29, 0.717) is 11.3 Å². The first kappa shape index (κ1) is 18.7. The molecule has 2 heterocycles. The Morgan fingerprint density at radius 2 is 1.83 bits per heavy atom. The number of anilines is 1. The van der Waals surface area contributed by atoms with E-state index in [9.17, 15) is 4.79 Å². The molecular formula is C22H21N3O4. The van der Waals surface area contributed by atoms with Crippen LogP contribution in [0.25, 0.3) is 22.2 Å². The summed E-state index contributed by atoms with van der Waals surface area (Å²) in [5.74, 6) is 0.806. The Morgan fingerprint density at radius 3 is 2.55 bits per heavy atom. The predicted octanol–water partition coefficient (Wildman–Crippen LogP) is 4.98. The second-order valence-corrected chi connectivity index (χ2v) is 7.11. The molecule has 29 heavy (non-hydrogen) atoms. The number of carbonyl (C=O) groups excluding carboxylic acids is 1. The number of amides is 1. The van der Waals surface area contributed by atoms with Gasteiger partial charge in [0.1, 0.15) is 11.3 Å². The first-order valence-electron chi connectivity index (χ1n) is 9.18. The van der Waals surface area contributed by atoms with E-state index in [-0.39, 0.29) is 11.6 Å². The Labute approximate surface area is 167 Å². The molecule has 0 radical (unpaired) electrons. The summed E-state index contributed by atoms with van der Waals surface area (Å²) in [4.78, 5) is 12.9. The lowest BCUT2D eigenvalue weighted by atomic mass is 10.0. The highest BCUT2D eigenvalue weighted by molar-refractivity contribution is 6.07. The van der Waals surface area contributed by atoms with Crippen molar-refractivity contribution < 1.29 is 18.6 Å². The lowest BCUT2D eigenvalue weighted by Gasteiger charge is -2.07. The number of nitrogens with zero attached hydrogens (tertiary/aromatic N) is 2. The highest BCUT2D eigenvalue weighted by Gasteiger charge is 2.23. The van der Waals surface area contributed by atoms with Crippen LogP contribution in [-0.4, -0.2) is 23.3 Å². The fourth-order valence-corrected chi connectivity index (χ4v) is 3.65. The smallest absolute Gasteiger partial charge is 0.292 e. The molecule has 0 aliphatic rings. The molecule has 0 spiro atoms. The van der Waals surface area contributed by atoms with Crippen molar-refractivity contribution in [3.05, 3.63) is 58.3 Å². The second kappa shape index (κ2) is 7.09. The molecule has 7 heteroatoms. The highest BCUT2D eigenvalue weighted by atomic mass is 16.6. The van der Waals surface area contributed by atoms with Gasteiger partial charge in [0.2, 0.25) is 5.82 Å². The van der Waals surface area contributed by atoms with Crippen molar-refractivity contribution >= 4 is 22.7 Å². The summed E-state index contributed by atoms with van der Waals surface area (Å²) in [6, 6.07) is 9.54. The van der Waals surface area contributed by atoms with Crippen molar-refractivity contribution in [3.63, 3.8) is 0 Å². The van der Waals surface area contributed by atoms with Gasteiger partial charge in [0.15, 0.2) is 11.5 Å². The maximum absolute atomic E-state index is 12.9. The number of hydrogen-bond donors (Lipinski definition) is 1. The maximum Gasteiger partial charge on any atom is 0.292 e. The molecule has 2 aromatic carbocycles. The fourth-order valence-electron chi connectivity index (χ4n) is 3.65. The summed E-state index contributed by atoms with van der Waals surface area (Å²) in [5.41, 5.74) is 5.77. The molecule has 0 aliphatic heterocycles. The minimum atomic E-state index is -0.404. The molecule has 0 fully saturated rings. The Hall–Kier alpha value is -3.61. The monoisotopic (exact) mass is 391 g/mol. The van der Waals surface area contributed by atoms with E-state index in [1.807, 2.05) is 52.0 Å². The number of hydrogen-bond acceptors (Lipinski definition) is 6. The Balaban J connectivity index is 1.69. The number of ether oxygens (including phenoxy) is 1. The SMILES string of the molecule is COc1ccc(-c2nonc2NC(=O)c2oc3cc(C)cc(C)c3c2C)c(C)c1. The molecule has 0 aliphatic carbocycles. The molecule has 0 saturated heterocycles. The van der Waals surface area contributed by atoms with Gasteiger partial charge in [-0.1, -0.05) is 6.07 Å². The molecule has 0 unspecified atom stereocenters. The van der Waals surface area contributed by atoms with Crippen LogP contribution in [0.1, 0.15) is 32.8 Å². The van der Waals surface area contributed by atoms with Crippen LogP contribution < -0.4 is 10.1 Å². The van der Waals surface area contributed by atoms with E-state index >= 15 is 0 Å². The van der Waals surface area contributed by atoms with Crippen LogP contribution in [0.3, 0.4) is 0 Å². The number of benzene rings is 2. The van der Waals surface area contributed by atoms with E-state index < -0.39 is 5.91 Å². The van der Waals surface area contributed by atoms with Gasteiger partial charge < -0.3 is 9.15 Å². The topological polar surface area (TPSA) is 90.4 Å². The summed E-state index contributed by atoms with van der Waals surface area (Å²) < 4.78 is 16.0. The lowest BCUT2D eigenvalue weighted by molar-refractivity contribution is 0.0997. The summed E-state index contributed by atoms with van der Waals surface area (Å²) in [5, 5.41) is 11.5. The molecule has 0 bridgehead atoms. The van der Waals surface area contributed by atoms with Gasteiger partial charge in [-0.15, -0.1) is 0 Å². The minimum Gasteiger partial charge on any atom is -0.497 e. The number of methoxy groups -OCH3 is 1. The van der Waals surface area contributed by atoms with Crippen molar-refractivity contribution in [3.8, 4) is 17.0 Å². The molecule has 4 rings (SSSR count). The second-order valence-electron chi connectivity index (χ2n) is 7.11. The summed E-state index contributed by atoms with van der Waals surface area (Å²) >= 11 is 0. The quantitative estimate of drug-likeness (QED) is 0.528. The predicted molar refractivity (Wildman–Crippen MR) is 109 cm³/mol. The van der Waals surface area contributed by atoms with Crippen LogP contribution in [0.5, 0.6) is 5.75 Å². The van der Waals surface area contributed by atoms with Crippen molar-refractivity contribution in [2.45, 2.75) is 27.7 Å². The molecule has 0 saturated carbocycles. The average molecular weight is 391 g/mol. The van der Waals surface area contributed by atoms with Crippen molar-refractivity contribution in [2.75, 3.05) is 12.4 Å². The van der Waals surface area contributed by atoms with Gasteiger partial charge in [-0.25, -0.2) is 4.63 Å². The molecule has 1 N–H and O–H groups in total. The van der Waals surface area contributed by atoms with Crippen molar-refractivity contribution in [1.29, 1.82) is 0 Å². The Bertz CT molecular complexity index is 1240. The Kier molecular flexibility index (Phi) is 4.58. The number of aryl methyl sites for hydroxylation is 4. The lowest BCUT2D eigenvalue weighted by Crippen LogP contribution is -2.13. The van der Waals surface area contributed by atoms with Crippen LogP contribution in [-0.2, 0) is 0 Å².